The van der Waals surface area contributed by atoms with Crippen LogP contribution in [0.25, 0.3) is 0 Å². The number of nitrogens with zero attached hydrogens (tertiary/aromatic N) is 1. The van der Waals surface area contributed by atoms with Crippen LogP contribution in [0.4, 0.5) is 10.1 Å². The summed E-state index contributed by atoms with van der Waals surface area (Å²) in [4.78, 5) is 1.86. The summed E-state index contributed by atoms with van der Waals surface area (Å²) in [7, 11) is 0. The zero-order valence-corrected chi connectivity index (χ0v) is 12.2. The molecule has 0 unspecified atom stereocenters. The van der Waals surface area contributed by atoms with E-state index in [1.165, 1.54) is 0 Å². The van der Waals surface area contributed by atoms with Crippen LogP contribution in [-0.2, 0) is 6.54 Å². The lowest BCUT2D eigenvalue weighted by atomic mass is 10.1. The minimum absolute atomic E-state index is 0.0133. The van der Waals surface area contributed by atoms with Crippen LogP contribution in [0.2, 0.25) is 0 Å². The molecule has 0 amide bonds. The van der Waals surface area contributed by atoms with Crippen molar-refractivity contribution >= 4 is 21.6 Å². The van der Waals surface area contributed by atoms with Gasteiger partial charge in [-0.05, 0) is 34.0 Å². The molecule has 1 aromatic carbocycles. The number of anilines is 1. The topological polar surface area (TPSA) is 49.5 Å². The number of benzene rings is 1. The maximum atomic E-state index is 14.2. The van der Waals surface area contributed by atoms with Gasteiger partial charge in [-0.15, -0.1) is 0 Å². The number of hydrogen-bond donors (Lipinski definition) is 2. The van der Waals surface area contributed by atoms with Gasteiger partial charge >= 0.3 is 0 Å². The van der Waals surface area contributed by atoms with Crippen LogP contribution in [0.1, 0.15) is 25.3 Å². The molecule has 0 saturated carbocycles. The number of aliphatic hydroxyl groups is 1. The van der Waals surface area contributed by atoms with Gasteiger partial charge in [0.15, 0.2) is 5.82 Å². The molecule has 1 rings (SSSR count). The second-order valence-electron chi connectivity index (χ2n) is 4.14. The largest absolute Gasteiger partial charge is 0.395 e. The van der Waals surface area contributed by atoms with Crippen molar-refractivity contribution in [3.05, 3.63) is 28.0 Å². The maximum Gasteiger partial charge on any atom is 0.160 e. The van der Waals surface area contributed by atoms with E-state index in [0.29, 0.717) is 23.2 Å². The van der Waals surface area contributed by atoms with Gasteiger partial charge in [-0.2, -0.15) is 0 Å². The van der Waals surface area contributed by atoms with Crippen molar-refractivity contribution in [3.8, 4) is 0 Å². The minimum atomic E-state index is -0.303. The molecule has 0 bridgehead atoms. The zero-order chi connectivity index (χ0) is 13.5. The fourth-order valence-corrected chi connectivity index (χ4v) is 2.30. The van der Waals surface area contributed by atoms with E-state index in [-0.39, 0.29) is 12.4 Å². The molecule has 0 heterocycles. The van der Waals surface area contributed by atoms with Gasteiger partial charge in [0, 0.05) is 19.6 Å². The third-order valence-electron chi connectivity index (χ3n) is 2.85. The van der Waals surface area contributed by atoms with Crippen LogP contribution >= 0.6 is 15.9 Å². The fraction of sp³-hybridized carbons (Fsp3) is 0.538. The second-order valence-corrected chi connectivity index (χ2v) is 4.93. The predicted molar refractivity (Wildman–Crippen MR) is 76.2 cm³/mol. The fourth-order valence-electron chi connectivity index (χ4n) is 1.80. The minimum Gasteiger partial charge on any atom is -0.395 e. The number of hydrogen-bond acceptors (Lipinski definition) is 3. The highest BCUT2D eigenvalue weighted by Crippen LogP contribution is 2.29. The van der Waals surface area contributed by atoms with E-state index >= 15 is 0 Å². The van der Waals surface area contributed by atoms with E-state index < -0.39 is 0 Å². The van der Waals surface area contributed by atoms with Crippen LogP contribution < -0.4 is 10.6 Å². The Morgan fingerprint density at radius 3 is 2.67 bits per heavy atom. The van der Waals surface area contributed by atoms with Crippen molar-refractivity contribution in [3.63, 3.8) is 0 Å². The lowest BCUT2D eigenvalue weighted by molar-refractivity contribution is 0.301. The van der Waals surface area contributed by atoms with Gasteiger partial charge in [-0.1, -0.05) is 19.4 Å². The molecular formula is C13H20BrFN2O. The molecule has 0 aromatic heterocycles. The number of nitrogens with two attached hydrogens (primary N) is 1. The molecule has 0 fully saturated rings. The second kappa shape index (κ2) is 7.71. The van der Waals surface area contributed by atoms with Gasteiger partial charge in [-0.25, -0.2) is 4.39 Å². The van der Waals surface area contributed by atoms with Gasteiger partial charge in [0.05, 0.1) is 16.8 Å². The Kier molecular flexibility index (Phi) is 6.60. The number of halogens is 2. The number of unbranched alkanes of at least 4 members (excludes halogenated alkanes) is 1. The highest BCUT2D eigenvalue weighted by molar-refractivity contribution is 9.10. The third-order valence-corrected chi connectivity index (χ3v) is 3.71. The SMILES string of the molecule is CCCCN(CCO)c1ccc(CN)c(Br)c1F. The van der Waals surface area contributed by atoms with Gasteiger partial charge in [0.25, 0.3) is 0 Å². The Bertz CT molecular complexity index is 387. The van der Waals surface area contributed by atoms with Crippen LogP contribution in [0.3, 0.4) is 0 Å². The first kappa shape index (κ1) is 15.4. The highest BCUT2D eigenvalue weighted by Gasteiger charge is 2.15. The molecule has 5 heteroatoms. The molecule has 0 spiro atoms. The van der Waals surface area contributed by atoms with Gasteiger partial charge in [0.1, 0.15) is 0 Å². The molecule has 0 atom stereocenters. The van der Waals surface area contributed by atoms with Gasteiger partial charge in [0.2, 0.25) is 0 Å². The summed E-state index contributed by atoms with van der Waals surface area (Å²) in [5, 5.41) is 9.06. The average molecular weight is 319 g/mol. The summed E-state index contributed by atoms with van der Waals surface area (Å²) < 4.78 is 14.6. The summed E-state index contributed by atoms with van der Waals surface area (Å²) in [6.07, 6.45) is 2.00. The lowest BCUT2D eigenvalue weighted by Gasteiger charge is -2.25. The molecule has 18 heavy (non-hydrogen) atoms. The summed E-state index contributed by atoms with van der Waals surface area (Å²) in [5.41, 5.74) is 6.80. The van der Waals surface area contributed by atoms with E-state index in [0.717, 1.165) is 24.9 Å². The van der Waals surface area contributed by atoms with Crippen molar-refractivity contribution in [2.45, 2.75) is 26.3 Å². The molecule has 3 nitrogen and oxygen atoms in total. The molecule has 0 radical (unpaired) electrons. The van der Waals surface area contributed by atoms with E-state index in [9.17, 15) is 4.39 Å². The standard InChI is InChI=1S/C13H20BrFN2O/c1-2-3-6-17(7-8-18)11-5-4-10(9-16)12(14)13(11)15/h4-5,18H,2-3,6-9,16H2,1H3. The van der Waals surface area contributed by atoms with E-state index in [2.05, 4.69) is 22.9 Å². The van der Waals surface area contributed by atoms with Gasteiger partial charge < -0.3 is 15.7 Å². The van der Waals surface area contributed by atoms with Crippen molar-refractivity contribution in [1.29, 1.82) is 0 Å². The zero-order valence-electron chi connectivity index (χ0n) is 10.6. The number of aliphatic hydroxyl groups excluding tert-OH is 1. The molecule has 3 N–H and O–H groups in total. The highest BCUT2D eigenvalue weighted by atomic mass is 79.9. The Morgan fingerprint density at radius 2 is 2.11 bits per heavy atom. The van der Waals surface area contributed by atoms with Crippen molar-refractivity contribution in [2.24, 2.45) is 5.73 Å². The quantitative estimate of drug-likeness (QED) is 0.812. The first-order valence-electron chi connectivity index (χ1n) is 6.18. The maximum absolute atomic E-state index is 14.2. The number of rotatable bonds is 7. The van der Waals surface area contributed by atoms with Crippen LogP contribution in [-0.4, -0.2) is 24.8 Å². The van der Waals surface area contributed by atoms with Crippen molar-refractivity contribution < 1.29 is 9.50 Å². The normalized spacial score (nSPS) is 10.7. The molecule has 102 valence electrons. The Hall–Kier alpha value is -0.650. The van der Waals surface area contributed by atoms with Crippen LogP contribution in [0.15, 0.2) is 16.6 Å². The smallest absolute Gasteiger partial charge is 0.160 e. The van der Waals surface area contributed by atoms with Crippen LogP contribution in [0.5, 0.6) is 0 Å². The predicted octanol–water partition coefficient (Wildman–Crippen LogP) is 2.65. The molecule has 1 aromatic rings. The van der Waals surface area contributed by atoms with Crippen molar-refractivity contribution in [2.75, 3.05) is 24.6 Å². The monoisotopic (exact) mass is 318 g/mol. The Morgan fingerprint density at radius 1 is 1.39 bits per heavy atom. The first-order chi connectivity index (χ1) is 8.65. The van der Waals surface area contributed by atoms with Crippen LogP contribution in [0, 0.1) is 5.82 Å². The molecule has 0 aliphatic heterocycles. The molecule has 0 aliphatic rings. The van der Waals surface area contributed by atoms with E-state index in [4.69, 9.17) is 10.8 Å². The Labute approximate surface area is 116 Å². The van der Waals surface area contributed by atoms with E-state index in [1.807, 2.05) is 11.0 Å². The van der Waals surface area contributed by atoms with Crippen molar-refractivity contribution in [1.82, 2.24) is 0 Å². The lowest BCUT2D eigenvalue weighted by Crippen LogP contribution is -2.28. The van der Waals surface area contributed by atoms with E-state index in [1.54, 1.807) is 6.07 Å². The molecular weight excluding hydrogens is 299 g/mol. The average Bonchev–Trinajstić information content (AvgIpc) is 2.38. The third kappa shape index (κ3) is 3.67. The Balaban J connectivity index is 3.00. The summed E-state index contributed by atoms with van der Waals surface area (Å²) >= 11 is 3.23. The summed E-state index contributed by atoms with van der Waals surface area (Å²) in [5.74, 6) is -0.303. The molecule has 0 saturated heterocycles. The summed E-state index contributed by atoms with van der Waals surface area (Å²) in [6.45, 7) is 3.57. The summed E-state index contributed by atoms with van der Waals surface area (Å²) in [6, 6.07) is 3.55. The van der Waals surface area contributed by atoms with Gasteiger partial charge in [-0.3, -0.25) is 0 Å². The molecule has 0 aliphatic carbocycles. The first-order valence-corrected chi connectivity index (χ1v) is 6.97.